The number of hydrogen-bond donors (Lipinski definition) is 1. The zero-order valence-corrected chi connectivity index (χ0v) is 17.8. The van der Waals surface area contributed by atoms with E-state index in [2.05, 4.69) is 51.0 Å². The Balaban J connectivity index is 1.16. The molecule has 6 nitrogen and oxygen atoms in total. The lowest BCUT2D eigenvalue weighted by Crippen LogP contribution is -2.29. The summed E-state index contributed by atoms with van der Waals surface area (Å²) < 4.78 is 8.22. The first kappa shape index (κ1) is 20.2. The van der Waals surface area contributed by atoms with Crippen molar-refractivity contribution >= 4 is 0 Å². The molecule has 2 aliphatic rings. The second-order valence-corrected chi connectivity index (χ2v) is 8.73. The fourth-order valence-corrected chi connectivity index (χ4v) is 4.76. The summed E-state index contributed by atoms with van der Waals surface area (Å²) in [7, 11) is 0. The molecule has 162 valence electrons. The van der Waals surface area contributed by atoms with Crippen LogP contribution < -0.4 is 4.74 Å². The van der Waals surface area contributed by atoms with Gasteiger partial charge >= 0.3 is 0 Å². The summed E-state index contributed by atoms with van der Waals surface area (Å²) in [5.41, 5.74) is 2.17. The SMILES string of the molecule is OC(c1cn2c(n1)CCC(CCc1ccccc1)C2)N1CCC(Oc2ccccn2)C1. The molecule has 2 aliphatic heterocycles. The zero-order chi connectivity index (χ0) is 21.0. The molecule has 0 aliphatic carbocycles. The van der Waals surface area contributed by atoms with Crippen LogP contribution in [0.4, 0.5) is 0 Å². The van der Waals surface area contributed by atoms with Gasteiger partial charge in [-0.15, -0.1) is 0 Å². The number of ether oxygens (including phenoxy) is 1. The Kier molecular flexibility index (Phi) is 6.00. The van der Waals surface area contributed by atoms with Crippen LogP contribution in [0.1, 0.15) is 42.6 Å². The highest BCUT2D eigenvalue weighted by Crippen LogP contribution is 2.28. The molecule has 3 unspecified atom stereocenters. The third-order valence-corrected chi connectivity index (χ3v) is 6.50. The molecule has 2 aromatic heterocycles. The first-order valence-corrected chi connectivity index (χ1v) is 11.3. The number of fused-ring (bicyclic) bond motifs is 1. The molecule has 3 atom stereocenters. The predicted octanol–water partition coefficient (Wildman–Crippen LogP) is 3.62. The Morgan fingerprint density at radius 3 is 2.77 bits per heavy atom. The van der Waals surface area contributed by atoms with Crippen LogP contribution in [0.15, 0.2) is 60.9 Å². The van der Waals surface area contributed by atoms with Crippen LogP contribution in [-0.4, -0.2) is 43.7 Å². The molecule has 5 rings (SSSR count). The van der Waals surface area contributed by atoms with Crippen molar-refractivity contribution in [3.8, 4) is 5.88 Å². The van der Waals surface area contributed by atoms with Crippen molar-refractivity contribution in [1.29, 1.82) is 0 Å². The van der Waals surface area contributed by atoms with Gasteiger partial charge in [-0.3, -0.25) is 4.90 Å². The number of rotatable bonds is 7. The van der Waals surface area contributed by atoms with Gasteiger partial charge < -0.3 is 14.4 Å². The number of aliphatic hydroxyl groups is 1. The third-order valence-electron chi connectivity index (χ3n) is 6.50. The molecule has 0 radical (unpaired) electrons. The molecule has 0 bridgehead atoms. The molecule has 1 aromatic carbocycles. The van der Waals surface area contributed by atoms with Crippen LogP contribution >= 0.6 is 0 Å². The highest BCUT2D eigenvalue weighted by atomic mass is 16.5. The van der Waals surface area contributed by atoms with Crippen LogP contribution in [-0.2, 0) is 19.4 Å². The number of aliphatic hydroxyl groups excluding tert-OH is 1. The van der Waals surface area contributed by atoms with Gasteiger partial charge in [0.05, 0.1) is 0 Å². The molecule has 6 heteroatoms. The van der Waals surface area contributed by atoms with E-state index in [4.69, 9.17) is 9.72 Å². The molecule has 3 aromatic rings. The quantitative estimate of drug-likeness (QED) is 0.635. The maximum absolute atomic E-state index is 11.0. The number of likely N-dealkylation sites (tertiary alicyclic amines) is 1. The second kappa shape index (κ2) is 9.20. The van der Waals surface area contributed by atoms with E-state index in [1.54, 1.807) is 6.20 Å². The zero-order valence-electron chi connectivity index (χ0n) is 17.8. The molecule has 0 amide bonds. The van der Waals surface area contributed by atoms with Crippen molar-refractivity contribution in [2.45, 2.75) is 51.0 Å². The van der Waals surface area contributed by atoms with Crippen LogP contribution in [0.3, 0.4) is 0 Å². The molecular weight excluding hydrogens is 388 g/mol. The highest BCUT2D eigenvalue weighted by Gasteiger charge is 2.31. The number of aryl methyl sites for hydroxylation is 2. The lowest BCUT2D eigenvalue weighted by Gasteiger charge is -2.23. The average molecular weight is 419 g/mol. The minimum atomic E-state index is -0.682. The van der Waals surface area contributed by atoms with E-state index < -0.39 is 6.23 Å². The fourth-order valence-electron chi connectivity index (χ4n) is 4.76. The summed E-state index contributed by atoms with van der Waals surface area (Å²) in [5.74, 6) is 2.41. The van der Waals surface area contributed by atoms with Gasteiger partial charge in [0.15, 0.2) is 6.23 Å². The highest BCUT2D eigenvalue weighted by molar-refractivity contribution is 5.15. The largest absolute Gasteiger partial charge is 0.473 e. The van der Waals surface area contributed by atoms with Crippen molar-refractivity contribution in [3.63, 3.8) is 0 Å². The minimum Gasteiger partial charge on any atom is -0.473 e. The van der Waals surface area contributed by atoms with Crippen molar-refractivity contribution in [2.75, 3.05) is 13.1 Å². The van der Waals surface area contributed by atoms with Gasteiger partial charge in [0.1, 0.15) is 17.6 Å². The lowest BCUT2D eigenvalue weighted by molar-refractivity contribution is 0.00870. The number of nitrogens with zero attached hydrogens (tertiary/aromatic N) is 4. The number of aromatic nitrogens is 3. The fraction of sp³-hybridized carbons (Fsp3) is 0.440. The van der Waals surface area contributed by atoms with Crippen LogP contribution in [0.25, 0.3) is 0 Å². The molecular formula is C25H30N4O2. The number of pyridine rings is 1. The molecule has 0 saturated carbocycles. The second-order valence-electron chi connectivity index (χ2n) is 8.73. The summed E-state index contributed by atoms with van der Waals surface area (Å²) in [6.45, 7) is 2.47. The van der Waals surface area contributed by atoms with E-state index in [0.29, 0.717) is 18.3 Å². The van der Waals surface area contributed by atoms with Gasteiger partial charge in [-0.05, 0) is 43.2 Å². The van der Waals surface area contributed by atoms with Crippen LogP contribution in [0, 0.1) is 5.92 Å². The molecule has 31 heavy (non-hydrogen) atoms. The maximum atomic E-state index is 11.0. The van der Waals surface area contributed by atoms with Gasteiger partial charge in [0, 0.05) is 44.5 Å². The van der Waals surface area contributed by atoms with E-state index in [1.807, 2.05) is 18.2 Å². The Hall–Kier alpha value is -2.70. The van der Waals surface area contributed by atoms with E-state index in [0.717, 1.165) is 43.9 Å². The van der Waals surface area contributed by atoms with Gasteiger partial charge in [-0.25, -0.2) is 9.97 Å². The van der Waals surface area contributed by atoms with E-state index in [9.17, 15) is 5.11 Å². The molecule has 1 N–H and O–H groups in total. The summed E-state index contributed by atoms with van der Waals surface area (Å²) in [6.07, 6.45) is 8.50. The number of imidazole rings is 1. The molecule has 1 saturated heterocycles. The summed E-state index contributed by atoms with van der Waals surface area (Å²) in [5, 5.41) is 11.0. The number of hydrogen-bond acceptors (Lipinski definition) is 5. The maximum Gasteiger partial charge on any atom is 0.213 e. The first-order valence-electron chi connectivity index (χ1n) is 11.3. The van der Waals surface area contributed by atoms with Crippen molar-refractivity contribution in [3.05, 3.63) is 78.0 Å². The number of benzene rings is 1. The standard InChI is InChI=1S/C25H30N4O2/c30-25(28-15-13-21(17-28)31-24-8-4-5-14-26-24)22-18-29-16-20(11-12-23(29)27-22)10-9-19-6-2-1-3-7-19/h1-8,14,18,20-21,25,30H,9-13,15-17H2. The third kappa shape index (κ3) is 4.81. The van der Waals surface area contributed by atoms with E-state index in [1.165, 1.54) is 18.4 Å². The summed E-state index contributed by atoms with van der Waals surface area (Å²) in [6, 6.07) is 16.4. The van der Waals surface area contributed by atoms with Crippen LogP contribution in [0.2, 0.25) is 0 Å². The Morgan fingerprint density at radius 1 is 1.06 bits per heavy atom. The van der Waals surface area contributed by atoms with Gasteiger partial charge in [0.25, 0.3) is 0 Å². The Labute approximate surface area is 183 Å². The van der Waals surface area contributed by atoms with Crippen LogP contribution in [0.5, 0.6) is 5.88 Å². The summed E-state index contributed by atoms with van der Waals surface area (Å²) in [4.78, 5) is 11.1. The first-order chi connectivity index (χ1) is 15.2. The Morgan fingerprint density at radius 2 is 1.94 bits per heavy atom. The van der Waals surface area contributed by atoms with E-state index in [-0.39, 0.29) is 6.10 Å². The molecule has 0 spiro atoms. The van der Waals surface area contributed by atoms with Crippen molar-refractivity contribution < 1.29 is 9.84 Å². The normalized spacial score (nSPS) is 22.2. The van der Waals surface area contributed by atoms with E-state index >= 15 is 0 Å². The lowest BCUT2D eigenvalue weighted by atomic mass is 9.92. The Bertz CT molecular complexity index is 976. The topological polar surface area (TPSA) is 63.4 Å². The van der Waals surface area contributed by atoms with Gasteiger partial charge in [-0.2, -0.15) is 0 Å². The summed E-state index contributed by atoms with van der Waals surface area (Å²) >= 11 is 0. The molecule has 1 fully saturated rings. The smallest absolute Gasteiger partial charge is 0.213 e. The minimum absolute atomic E-state index is 0.0455. The van der Waals surface area contributed by atoms with Gasteiger partial charge in [0.2, 0.25) is 5.88 Å². The van der Waals surface area contributed by atoms with Crippen molar-refractivity contribution in [2.24, 2.45) is 5.92 Å². The van der Waals surface area contributed by atoms with Gasteiger partial charge in [-0.1, -0.05) is 36.4 Å². The predicted molar refractivity (Wildman–Crippen MR) is 119 cm³/mol. The van der Waals surface area contributed by atoms with Crippen molar-refractivity contribution in [1.82, 2.24) is 19.4 Å². The monoisotopic (exact) mass is 418 g/mol. The average Bonchev–Trinajstić information content (AvgIpc) is 3.45. The molecule has 4 heterocycles.